The maximum atomic E-state index is 12.2. The van der Waals surface area contributed by atoms with E-state index in [1.807, 2.05) is 6.92 Å². The van der Waals surface area contributed by atoms with Crippen molar-refractivity contribution in [2.24, 2.45) is 5.92 Å². The number of benzene rings is 1. The number of amides is 1. The van der Waals surface area contributed by atoms with Gasteiger partial charge in [0.1, 0.15) is 11.3 Å². The van der Waals surface area contributed by atoms with Crippen LogP contribution < -0.4 is 10.1 Å². The zero-order chi connectivity index (χ0) is 14.8. The molecule has 0 heterocycles. The summed E-state index contributed by atoms with van der Waals surface area (Å²) in [6.07, 6.45) is 1.68. The monoisotopic (exact) mass is 277 g/mol. The number of rotatable bonds is 6. The van der Waals surface area contributed by atoms with Crippen molar-refractivity contribution >= 4 is 11.9 Å². The van der Waals surface area contributed by atoms with Crippen molar-refractivity contribution in [3.63, 3.8) is 0 Å². The molecule has 1 aromatic rings. The van der Waals surface area contributed by atoms with E-state index < -0.39 is 11.5 Å². The highest BCUT2D eigenvalue weighted by Gasteiger charge is 2.48. The second-order valence-corrected chi connectivity index (χ2v) is 5.19. The largest absolute Gasteiger partial charge is 0.494 e. The summed E-state index contributed by atoms with van der Waals surface area (Å²) < 4.78 is 5.30. The number of carbonyl (C=O) groups excluding carboxylic acids is 1. The molecular weight excluding hydrogens is 258 g/mol. The van der Waals surface area contributed by atoms with Gasteiger partial charge in [-0.3, -0.25) is 4.79 Å². The van der Waals surface area contributed by atoms with Crippen LogP contribution in [-0.4, -0.2) is 29.1 Å². The Balaban J connectivity index is 2.09. The fourth-order valence-corrected chi connectivity index (χ4v) is 2.17. The molecule has 2 N–H and O–H groups in total. The minimum Gasteiger partial charge on any atom is -0.494 e. The van der Waals surface area contributed by atoms with Crippen LogP contribution in [0.1, 0.15) is 37.0 Å². The topological polar surface area (TPSA) is 75.6 Å². The Kier molecular flexibility index (Phi) is 3.97. The van der Waals surface area contributed by atoms with Gasteiger partial charge in [-0.1, -0.05) is 0 Å². The lowest BCUT2D eigenvalue weighted by Crippen LogP contribution is -2.54. The lowest BCUT2D eigenvalue weighted by Gasteiger charge is -2.26. The van der Waals surface area contributed by atoms with E-state index in [1.54, 1.807) is 31.2 Å². The van der Waals surface area contributed by atoms with Crippen molar-refractivity contribution in [1.29, 1.82) is 0 Å². The molecule has 1 fully saturated rings. The Morgan fingerprint density at radius 1 is 1.35 bits per heavy atom. The van der Waals surface area contributed by atoms with Crippen molar-refractivity contribution < 1.29 is 19.4 Å². The summed E-state index contributed by atoms with van der Waals surface area (Å²) in [6, 6.07) is 6.67. The molecule has 1 aromatic carbocycles. The third-order valence-electron chi connectivity index (χ3n) is 3.64. The van der Waals surface area contributed by atoms with Gasteiger partial charge in [-0.2, -0.15) is 0 Å². The molecule has 1 unspecified atom stereocenters. The minimum atomic E-state index is -1.18. The first-order chi connectivity index (χ1) is 9.47. The van der Waals surface area contributed by atoms with E-state index >= 15 is 0 Å². The number of carboxylic acid groups (broad SMARTS) is 1. The lowest BCUT2D eigenvalue weighted by atomic mass is 9.95. The smallest absolute Gasteiger partial charge is 0.329 e. The molecule has 1 atom stereocenters. The predicted octanol–water partition coefficient (Wildman–Crippen LogP) is 2.07. The summed E-state index contributed by atoms with van der Waals surface area (Å²) in [5.41, 5.74) is -0.753. The first-order valence-electron chi connectivity index (χ1n) is 6.76. The van der Waals surface area contributed by atoms with E-state index in [-0.39, 0.29) is 11.8 Å². The molecular formula is C15H19NO4. The fourth-order valence-electron chi connectivity index (χ4n) is 2.17. The zero-order valence-electron chi connectivity index (χ0n) is 11.7. The van der Waals surface area contributed by atoms with E-state index in [9.17, 15) is 14.7 Å². The van der Waals surface area contributed by atoms with Gasteiger partial charge in [-0.05, 0) is 56.9 Å². The second-order valence-electron chi connectivity index (χ2n) is 5.19. The van der Waals surface area contributed by atoms with Gasteiger partial charge in [0, 0.05) is 5.56 Å². The average Bonchev–Trinajstić information content (AvgIpc) is 3.24. The molecule has 0 bridgehead atoms. The van der Waals surface area contributed by atoms with E-state index in [0.717, 1.165) is 12.8 Å². The molecule has 20 heavy (non-hydrogen) atoms. The Labute approximate surface area is 117 Å². The summed E-state index contributed by atoms with van der Waals surface area (Å²) in [5.74, 6) is -0.650. The normalized spacial score (nSPS) is 17.1. The van der Waals surface area contributed by atoms with Crippen molar-refractivity contribution in [1.82, 2.24) is 5.32 Å². The SMILES string of the molecule is CCOc1ccc(C(=O)NC(C)(C(=O)O)C2CC2)cc1. The van der Waals surface area contributed by atoms with Gasteiger partial charge in [0.05, 0.1) is 6.61 Å². The Hall–Kier alpha value is -2.04. The molecule has 1 aliphatic rings. The van der Waals surface area contributed by atoms with Gasteiger partial charge in [0.15, 0.2) is 0 Å². The molecule has 0 radical (unpaired) electrons. The van der Waals surface area contributed by atoms with Crippen LogP contribution in [0.15, 0.2) is 24.3 Å². The first-order valence-corrected chi connectivity index (χ1v) is 6.76. The lowest BCUT2D eigenvalue weighted by molar-refractivity contribution is -0.144. The van der Waals surface area contributed by atoms with Crippen LogP contribution in [0, 0.1) is 5.92 Å². The molecule has 5 heteroatoms. The van der Waals surface area contributed by atoms with Crippen molar-refractivity contribution in [3.8, 4) is 5.75 Å². The molecule has 0 aromatic heterocycles. The molecule has 2 rings (SSSR count). The quantitative estimate of drug-likeness (QED) is 0.834. The average molecular weight is 277 g/mol. The van der Waals surface area contributed by atoms with Crippen LogP contribution in [-0.2, 0) is 4.79 Å². The number of ether oxygens (including phenoxy) is 1. The van der Waals surface area contributed by atoms with E-state index in [1.165, 1.54) is 0 Å². The van der Waals surface area contributed by atoms with Crippen molar-refractivity contribution in [2.45, 2.75) is 32.2 Å². The maximum absolute atomic E-state index is 12.2. The summed E-state index contributed by atoms with van der Waals surface area (Å²) in [4.78, 5) is 23.5. The first kappa shape index (κ1) is 14.4. The Morgan fingerprint density at radius 2 is 1.95 bits per heavy atom. The van der Waals surface area contributed by atoms with Gasteiger partial charge < -0.3 is 15.2 Å². The fraction of sp³-hybridized carbons (Fsp3) is 0.467. The maximum Gasteiger partial charge on any atom is 0.329 e. The van der Waals surface area contributed by atoms with Gasteiger partial charge in [0.2, 0.25) is 0 Å². The Bertz CT molecular complexity index is 507. The van der Waals surface area contributed by atoms with Crippen molar-refractivity contribution in [3.05, 3.63) is 29.8 Å². The minimum absolute atomic E-state index is 0.0200. The standard InChI is InChI=1S/C15H19NO4/c1-3-20-12-8-4-10(5-9-12)13(17)16-15(2,14(18)19)11-6-7-11/h4-5,8-9,11H,3,6-7H2,1-2H3,(H,16,17)(H,18,19). The summed E-state index contributed by atoms with van der Waals surface area (Å²) in [7, 11) is 0. The molecule has 0 aliphatic heterocycles. The van der Waals surface area contributed by atoms with Crippen LogP contribution in [0.4, 0.5) is 0 Å². The van der Waals surface area contributed by atoms with Gasteiger partial charge in [0.25, 0.3) is 5.91 Å². The summed E-state index contributed by atoms with van der Waals surface area (Å²) in [6.45, 7) is 4.01. The third kappa shape index (κ3) is 2.92. The highest BCUT2D eigenvalue weighted by molar-refractivity contribution is 5.98. The predicted molar refractivity (Wildman–Crippen MR) is 73.8 cm³/mol. The third-order valence-corrected chi connectivity index (χ3v) is 3.64. The number of aliphatic carboxylic acids is 1. The van der Waals surface area contributed by atoms with Gasteiger partial charge in [-0.25, -0.2) is 4.79 Å². The molecule has 5 nitrogen and oxygen atoms in total. The highest BCUT2D eigenvalue weighted by Crippen LogP contribution is 2.39. The highest BCUT2D eigenvalue weighted by atomic mass is 16.5. The van der Waals surface area contributed by atoms with Gasteiger partial charge >= 0.3 is 5.97 Å². The molecule has 1 saturated carbocycles. The number of nitrogens with one attached hydrogen (secondary N) is 1. The number of carboxylic acids is 1. The van der Waals surface area contributed by atoms with Gasteiger partial charge in [-0.15, -0.1) is 0 Å². The van der Waals surface area contributed by atoms with E-state index in [4.69, 9.17) is 4.74 Å². The molecule has 108 valence electrons. The van der Waals surface area contributed by atoms with E-state index in [0.29, 0.717) is 17.9 Å². The van der Waals surface area contributed by atoms with Crippen LogP contribution >= 0.6 is 0 Å². The summed E-state index contributed by atoms with van der Waals surface area (Å²) >= 11 is 0. The zero-order valence-corrected chi connectivity index (χ0v) is 11.7. The van der Waals surface area contributed by atoms with E-state index in [2.05, 4.69) is 5.32 Å². The molecule has 1 aliphatic carbocycles. The number of hydrogen-bond acceptors (Lipinski definition) is 3. The van der Waals surface area contributed by atoms with Crippen LogP contribution in [0.5, 0.6) is 5.75 Å². The summed E-state index contributed by atoms with van der Waals surface area (Å²) in [5, 5.41) is 12.0. The number of hydrogen-bond donors (Lipinski definition) is 2. The molecule has 0 saturated heterocycles. The van der Waals surface area contributed by atoms with Crippen LogP contribution in [0.2, 0.25) is 0 Å². The molecule has 1 amide bonds. The molecule has 0 spiro atoms. The van der Waals surface area contributed by atoms with Crippen LogP contribution in [0.3, 0.4) is 0 Å². The number of carbonyl (C=O) groups is 2. The Morgan fingerprint density at radius 3 is 2.40 bits per heavy atom. The van der Waals surface area contributed by atoms with Crippen LogP contribution in [0.25, 0.3) is 0 Å². The second kappa shape index (κ2) is 5.53. The van der Waals surface area contributed by atoms with Crippen molar-refractivity contribution in [2.75, 3.05) is 6.61 Å².